The van der Waals surface area contributed by atoms with Crippen molar-refractivity contribution in [2.24, 2.45) is 11.3 Å². The van der Waals surface area contributed by atoms with Crippen LogP contribution in [0.25, 0.3) is 0 Å². The zero-order chi connectivity index (χ0) is 15.7. The molecule has 5 heteroatoms. The third-order valence-corrected chi connectivity index (χ3v) is 4.80. The minimum Gasteiger partial charge on any atom is -0.313 e. The topological polar surface area (TPSA) is 24.9 Å². The Morgan fingerprint density at radius 3 is 2.62 bits per heavy atom. The number of alkyl halides is 3. The maximum atomic E-state index is 13.2. The monoisotopic (exact) mass is 300 g/mol. The van der Waals surface area contributed by atoms with Crippen LogP contribution in [-0.4, -0.2) is 12.0 Å². The highest BCUT2D eigenvalue weighted by molar-refractivity contribution is 5.30. The summed E-state index contributed by atoms with van der Waals surface area (Å²) in [5.74, 6) is 0.182. The first-order valence-electron chi connectivity index (χ1n) is 7.46. The van der Waals surface area contributed by atoms with Gasteiger partial charge in [-0.15, -0.1) is 0 Å². The number of pyridine rings is 1. The Kier molecular flexibility index (Phi) is 4.61. The largest absolute Gasteiger partial charge is 0.416 e. The Bertz CT molecular complexity index is 483. The predicted molar refractivity (Wildman–Crippen MR) is 76.8 cm³/mol. The zero-order valence-electron chi connectivity index (χ0n) is 12.8. The highest BCUT2D eigenvalue weighted by atomic mass is 19.4. The molecule has 2 unspecified atom stereocenters. The summed E-state index contributed by atoms with van der Waals surface area (Å²) in [7, 11) is 1.74. The van der Waals surface area contributed by atoms with Crippen molar-refractivity contribution in [3.63, 3.8) is 0 Å². The molecule has 2 atom stereocenters. The molecular formula is C16H23F3N2. The summed E-state index contributed by atoms with van der Waals surface area (Å²) in [6.45, 7) is 4.32. The molecule has 0 saturated heterocycles. The number of hydrogen-bond acceptors (Lipinski definition) is 2. The van der Waals surface area contributed by atoms with Crippen molar-refractivity contribution in [2.75, 3.05) is 7.05 Å². The van der Waals surface area contributed by atoms with Gasteiger partial charge in [0, 0.05) is 18.4 Å². The summed E-state index contributed by atoms with van der Waals surface area (Å²) in [4.78, 5) is 3.93. The van der Waals surface area contributed by atoms with Gasteiger partial charge in [0.25, 0.3) is 0 Å². The molecule has 1 aromatic heterocycles. The van der Waals surface area contributed by atoms with Crippen LogP contribution >= 0.6 is 0 Å². The van der Waals surface area contributed by atoms with E-state index in [9.17, 15) is 13.2 Å². The van der Waals surface area contributed by atoms with Gasteiger partial charge in [-0.2, -0.15) is 13.2 Å². The molecule has 0 aromatic carbocycles. The number of rotatable bonds is 3. The van der Waals surface area contributed by atoms with Gasteiger partial charge in [0.15, 0.2) is 0 Å². The van der Waals surface area contributed by atoms with E-state index >= 15 is 0 Å². The van der Waals surface area contributed by atoms with E-state index in [4.69, 9.17) is 0 Å². The molecule has 1 N–H and O–H groups in total. The van der Waals surface area contributed by atoms with Gasteiger partial charge >= 0.3 is 6.18 Å². The standard InChI is InChI=1S/C16H23F3N2/c1-15(2)8-5-4-6-13(15)14(20-3)11-10-21-9-7-12(11)16(17,18)19/h7,9-10,13-14,20H,4-6,8H2,1-3H3. The summed E-state index contributed by atoms with van der Waals surface area (Å²) >= 11 is 0. The molecule has 1 aromatic rings. The van der Waals surface area contributed by atoms with E-state index in [1.807, 2.05) is 0 Å². The first-order valence-corrected chi connectivity index (χ1v) is 7.46. The van der Waals surface area contributed by atoms with E-state index in [1.165, 1.54) is 12.4 Å². The lowest BCUT2D eigenvalue weighted by atomic mass is 9.64. The van der Waals surface area contributed by atoms with E-state index < -0.39 is 11.7 Å². The molecule has 0 aliphatic heterocycles. The molecule has 0 amide bonds. The van der Waals surface area contributed by atoms with E-state index in [0.717, 1.165) is 31.7 Å². The summed E-state index contributed by atoms with van der Waals surface area (Å²) in [5.41, 5.74) is -0.268. The smallest absolute Gasteiger partial charge is 0.313 e. The van der Waals surface area contributed by atoms with Crippen molar-refractivity contribution in [3.8, 4) is 0 Å². The summed E-state index contributed by atoms with van der Waals surface area (Å²) in [5, 5.41) is 3.12. The van der Waals surface area contributed by atoms with Crippen molar-refractivity contribution < 1.29 is 13.2 Å². The minimum absolute atomic E-state index is 0.0324. The number of halogens is 3. The summed E-state index contributed by atoms with van der Waals surface area (Å²) in [6.07, 6.45) is 2.47. The van der Waals surface area contributed by atoms with Crippen molar-refractivity contribution in [1.29, 1.82) is 0 Å². The minimum atomic E-state index is -4.34. The maximum Gasteiger partial charge on any atom is 0.416 e. The molecule has 0 bridgehead atoms. The Morgan fingerprint density at radius 2 is 2.05 bits per heavy atom. The Labute approximate surface area is 124 Å². The third kappa shape index (κ3) is 3.39. The van der Waals surface area contributed by atoms with Gasteiger partial charge in [-0.05, 0) is 42.9 Å². The quantitative estimate of drug-likeness (QED) is 0.884. The molecular weight excluding hydrogens is 277 g/mol. The lowest BCUT2D eigenvalue weighted by Gasteiger charge is -2.43. The van der Waals surface area contributed by atoms with Crippen molar-refractivity contribution in [2.45, 2.75) is 51.7 Å². The molecule has 1 heterocycles. The number of hydrogen-bond donors (Lipinski definition) is 1. The molecule has 21 heavy (non-hydrogen) atoms. The number of aromatic nitrogens is 1. The molecule has 1 saturated carbocycles. The Hall–Kier alpha value is -1.10. The van der Waals surface area contributed by atoms with Crippen LogP contribution in [0.1, 0.15) is 56.7 Å². The zero-order valence-corrected chi connectivity index (χ0v) is 12.8. The van der Waals surface area contributed by atoms with Gasteiger partial charge in [0.1, 0.15) is 0 Å². The fraction of sp³-hybridized carbons (Fsp3) is 0.688. The SMILES string of the molecule is CNC(c1cnccc1C(F)(F)F)C1CCCCC1(C)C. The number of nitrogens with one attached hydrogen (secondary N) is 1. The van der Waals surface area contributed by atoms with E-state index in [0.29, 0.717) is 0 Å². The van der Waals surface area contributed by atoms with Gasteiger partial charge in [-0.3, -0.25) is 4.98 Å². The summed E-state index contributed by atoms with van der Waals surface area (Å²) in [6, 6.07) is 0.765. The molecule has 2 nitrogen and oxygen atoms in total. The van der Waals surface area contributed by atoms with E-state index in [-0.39, 0.29) is 22.9 Å². The second kappa shape index (κ2) is 5.95. The van der Waals surface area contributed by atoms with Crippen LogP contribution in [0.15, 0.2) is 18.5 Å². The molecule has 118 valence electrons. The van der Waals surface area contributed by atoms with Gasteiger partial charge in [-0.1, -0.05) is 26.7 Å². The van der Waals surface area contributed by atoms with Crippen LogP contribution in [0.5, 0.6) is 0 Å². The van der Waals surface area contributed by atoms with Crippen LogP contribution in [0.4, 0.5) is 13.2 Å². The van der Waals surface area contributed by atoms with Gasteiger partial charge in [0.05, 0.1) is 5.56 Å². The fourth-order valence-corrected chi connectivity index (χ4v) is 3.62. The molecule has 1 aliphatic rings. The Morgan fingerprint density at radius 1 is 1.33 bits per heavy atom. The van der Waals surface area contributed by atoms with Gasteiger partial charge < -0.3 is 5.32 Å². The molecule has 0 spiro atoms. The van der Waals surface area contributed by atoms with E-state index in [2.05, 4.69) is 24.1 Å². The van der Waals surface area contributed by atoms with Crippen molar-refractivity contribution in [1.82, 2.24) is 10.3 Å². The fourth-order valence-electron chi connectivity index (χ4n) is 3.62. The maximum absolute atomic E-state index is 13.2. The van der Waals surface area contributed by atoms with Crippen molar-refractivity contribution >= 4 is 0 Å². The van der Waals surface area contributed by atoms with Crippen LogP contribution in [0.3, 0.4) is 0 Å². The van der Waals surface area contributed by atoms with Crippen LogP contribution in [0.2, 0.25) is 0 Å². The highest BCUT2D eigenvalue weighted by Crippen LogP contribution is 2.48. The second-order valence-electron chi connectivity index (χ2n) is 6.57. The van der Waals surface area contributed by atoms with Crippen LogP contribution < -0.4 is 5.32 Å². The first-order chi connectivity index (χ1) is 9.77. The second-order valence-corrected chi connectivity index (χ2v) is 6.57. The third-order valence-electron chi connectivity index (χ3n) is 4.80. The molecule has 1 fully saturated rings. The van der Waals surface area contributed by atoms with Crippen LogP contribution in [-0.2, 0) is 6.18 Å². The van der Waals surface area contributed by atoms with Gasteiger partial charge in [-0.25, -0.2) is 0 Å². The first kappa shape index (κ1) is 16.3. The predicted octanol–water partition coefficient (Wildman–Crippen LogP) is 4.58. The average molecular weight is 300 g/mol. The average Bonchev–Trinajstić information content (AvgIpc) is 2.40. The highest BCUT2D eigenvalue weighted by Gasteiger charge is 2.41. The van der Waals surface area contributed by atoms with Gasteiger partial charge in [0.2, 0.25) is 0 Å². The molecule has 0 radical (unpaired) electrons. The van der Waals surface area contributed by atoms with Crippen molar-refractivity contribution in [3.05, 3.63) is 29.6 Å². The lowest BCUT2D eigenvalue weighted by molar-refractivity contribution is -0.138. The van der Waals surface area contributed by atoms with Crippen LogP contribution in [0, 0.1) is 11.3 Å². The number of nitrogens with zero attached hydrogens (tertiary/aromatic N) is 1. The summed E-state index contributed by atoms with van der Waals surface area (Å²) < 4.78 is 39.7. The van der Waals surface area contributed by atoms with E-state index in [1.54, 1.807) is 7.05 Å². The normalized spacial score (nSPS) is 23.8. The Balaban J connectivity index is 2.42. The lowest BCUT2D eigenvalue weighted by Crippen LogP contribution is -2.38. The molecule has 1 aliphatic carbocycles. The molecule has 2 rings (SSSR count).